The molecule has 8 heavy (non-hydrogen) atoms. The van der Waals surface area contributed by atoms with E-state index in [-0.39, 0.29) is 5.97 Å². The molecule has 0 atom stereocenters. The molecule has 0 aliphatic heterocycles. The van der Waals surface area contributed by atoms with Gasteiger partial charge in [-0.15, -0.1) is 0 Å². The van der Waals surface area contributed by atoms with Gasteiger partial charge in [-0.3, -0.25) is 0 Å². The van der Waals surface area contributed by atoms with Crippen LogP contribution >= 0.6 is 45.2 Å². The van der Waals surface area contributed by atoms with Gasteiger partial charge in [-0.25, -0.2) is 0 Å². The maximum absolute atomic E-state index is 10.4. The van der Waals surface area contributed by atoms with Crippen molar-refractivity contribution < 1.29 is 7.90 Å². The van der Waals surface area contributed by atoms with Crippen LogP contribution in [0, 0.1) is 0 Å². The fourth-order valence-electron chi connectivity index (χ4n) is 0.163. The summed E-state index contributed by atoms with van der Waals surface area (Å²) in [6.45, 7) is 0. The zero-order chi connectivity index (χ0) is 6.57. The van der Waals surface area contributed by atoms with Crippen molar-refractivity contribution in [3.8, 4) is 0 Å². The van der Waals surface area contributed by atoms with Crippen molar-refractivity contribution in [2.24, 2.45) is 0 Å². The molecule has 0 aromatic heterocycles. The van der Waals surface area contributed by atoms with E-state index in [9.17, 15) is 4.79 Å². The summed E-state index contributed by atoms with van der Waals surface area (Å²) in [5, 5.41) is 0. The fourth-order valence-corrected chi connectivity index (χ4v) is 1.10. The first-order valence-corrected chi connectivity index (χ1v) is 5.32. The number of carbonyl (C=O) groups excluding carboxylic acids is 1. The van der Waals surface area contributed by atoms with E-state index >= 15 is 0 Å². The molecule has 2 nitrogen and oxygen atoms in total. The van der Waals surface area contributed by atoms with Crippen LogP contribution in [0.25, 0.3) is 0 Å². The summed E-state index contributed by atoms with van der Waals surface area (Å²) in [5.74, 6) is -0.118. The quantitative estimate of drug-likeness (QED) is 0.354. The Morgan fingerprint density at radius 1 is 1.75 bits per heavy atom. The molecule has 0 fully saturated rings. The zero-order valence-electron chi connectivity index (χ0n) is 3.80. The Kier molecular flexibility index (Phi) is 6.68. The first kappa shape index (κ1) is 9.72. The van der Waals surface area contributed by atoms with Gasteiger partial charge >= 0.3 is 90.1 Å². The molecular weight excluding hydrogens is 449 g/mol. The predicted octanol–water partition coefficient (Wildman–Crippen LogP) is 0.932. The number of hydrogen-bond acceptors (Lipinski definition) is 2. The Hall–Kier alpha value is 1.72. The molecule has 0 unspecified atom stereocenters. The molecule has 0 aliphatic carbocycles. The van der Waals surface area contributed by atoms with Gasteiger partial charge in [0.2, 0.25) is 0 Å². The summed E-state index contributed by atoms with van der Waals surface area (Å²) < 4.78 is 4.82. The van der Waals surface area contributed by atoms with Crippen LogP contribution in [0.15, 0.2) is 0 Å². The molecule has 0 aliphatic rings. The van der Waals surface area contributed by atoms with Gasteiger partial charge in [0.1, 0.15) is 0 Å². The number of rotatable bonds is 2. The second kappa shape index (κ2) is 5.50. The van der Waals surface area contributed by atoms with E-state index in [4.69, 9.17) is 0 Å². The van der Waals surface area contributed by atoms with Crippen molar-refractivity contribution >= 4 is 73.9 Å². The van der Waals surface area contributed by atoms with Gasteiger partial charge < -0.3 is 0 Å². The first-order valence-electron chi connectivity index (χ1n) is 1.79. The van der Waals surface area contributed by atoms with Gasteiger partial charge in [0.25, 0.3) is 0 Å². The van der Waals surface area contributed by atoms with Crippen molar-refractivity contribution in [1.29, 1.82) is 0 Å². The SMILES string of the molecule is O=C(CC(I)I)O[TeH]. The van der Waals surface area contributed by atoms with E-state index in [0.717, 1.165) is 22.7 Å². The van der Waals surface area contributed by atoms with E-state index in [1.807, 2.05) is 0 Å². The number of carbonyl (C=O) groups is 1. The Morgan fingerprint density at radius 3 is 2.38 bits per heavy atom. The topological polar surface area (TPSA) is 26.3 Å². The van der Waals surface area contributed by atoms with Crippen molar-refractivity contribution in [3.63, 3.8) is 0 Å². The van der Waals surface area contributed by atoms with Crippen molar-refractivity contribution in [1.82, 2.24) is 0 Å². The average molecular weight is 453 g/mol. The van der Waals surface area contributed by atoms with Crippen LogP contribution in [0.2, 0.25) is 0 Å². The third-order valence-electron chi connectivity index (χ3n) is 0.423. The van der Waals surface area contributed by atoms with Crippen LogP contribution in [-0.2, 0) is 7.90 Å². The number of alkyl halides is 2. The first-order chi connectivity index (χ1) is 3.66. The molecule has 0 bridgehead atoms. The Labute approximate surface area is 88.8 Å². The minimum atomic E-state index is -0.118. The van der Waals surface area contributed by atoms with Crippen LogP contribution in [0.1, 0.15) is 6.42 Å². The third-order valence-corrected chi connectivity index (χ3v) is 1.88. The van der Waals surface area contributed by atoms with Crippen LogP contribution in [0.5, 0.6) is 0 Å². The Balaban J connectivity index is 3.25. The molecule has 0 heterocycles. The summed E-state index contributed by atoms with van der Waals surface area (Å²) in [7, 11) is 0. The Morgan fingerprint density at radius 2 is 2.25 bits per heavy atom. The number of hydrogen-bond donors (Lipinski definition) is 0. The van der Waals surface area contributed by atoms with Gasteiger partial charge in [-0.05, 0) is 0 Å². The van der Waals surface area contributed by atoms with Crippen LogP contribution in [-0.4, -0.2) is 30.6 Å². The molecule has 0 saturated carbocycles. The summed E-state index contributed by atoms with van der Waals surface area (Å²) in [6.07, 6.45) is 0.510. The molecule has 48 valence electrons. The predicted molar refractivity (Wildman–Crippen MR) is 49.7 cm³/mol. The molecule has 0 radical (unpaired) electrons. The molecule has 0 spiro atoms. The summed E-state index contributed by atoms with van der Waals surface area (Å²) in [6, 6.07) is 0. The van der Waals surface area contributed by atoms with Crippen molar-refractivity contribution in [2.45, 2.75) is 8.35 Å². The van der Waals surface area contributed by atoms with E-state index in [1.54, 1.807) is 0 Å². The molecule has 0 rings (SSSR count). The molecule has 0 N–H and O–H groups in total. The van der Waals surface area contributed by atoms with Gasteiger partial charge in [0.05, 0.1) is 0 Å². The standard InChI is InChI=1S/C3H4I2O2Te/c4-2(5)1-3(6)7-8/h2,8H,1H2. The minimum absolute atomic E-state index is 0.118. The van der Waals surface area contributed by atoms with E-state index in [0.29, 0.717) is 8.35 Å². The third kappa shape index (κ3) is 5.85. The summed E-state index contributed by atoms with van der Waals surface area (Å²) in [5.41, 5.74) is 0. The number of halogens is 2. The molecule has 5 heteroatoms. The normalized spacial score (nSPS) is 9.50. The summed E-state index contributed by atoms with van der Waals surface area (Å²) >= 11 is 5.43. The second-order valence-electron chi connectivity index (χ2n) is 1.06. The zero-order valence-corrected chi connectivity index (χ0v) is 10.7. The van der Waals surface area contributed by atoms with E-state index < -0.39 is 0 Å². The second-order valence-corrected chi connectivity index (χ2v) is 6.97. The maximum atomic E-state index is 10.4. The van der Waals surface area contributed by atoms with Crippen LogP contribution < -0.4 is 0 Å². The van der Waals surface area contributed by atoms with Crippen molar-refractivity contribution in [3.05, 3.63) is 0 Å². The van der Waals surface area contributed by atoms with Gasteiger partial charge in [0, 0.05) is 0 Å². The Bertz CT molecular complexity index is 85.4. The van der Waals surface area contributed by atoms with Gasteiger partial charge in [0.15, 0.2) is 0 Å². The average Bonchev–Trinajstić information content (AvgIpc) is 1.65. The van der Waals surface area contributed by atoms with E-state index in [2.05, 4.69) is 48.3 Å². The summed E-state index contributed by atoms with van der Waals surface area (Å²) in [4.78, 5) is 10.4. The molecule has 0 aromatic carbocycles. The molecular formula is C3H4I2O2Te. The van der Waals surface area contributed by atoms with Crippen molar-refractivity contribution in [2.75, 3.05) is 0 Å². The molecule has 0 saturated heterocycles. The van der Waals surface area contributed by atoms with E-state index in [1.165, 1.54) is 0 Å². The van der Waals surface area contributed by atoms with Crippen LogP contribution in [0.4, 0.5) is 0 Å². The molecule has 0 aromatic rings. The van der Waals surface area contributed by atoms with Gasteiger partial charge in [-0.2, -0.15) is 0 Å². The fraction of sp³-hybridized carbons (Fsp3) is 0.667. The van der Waals surface area contributed by atoms with Crippen LogP contribution in [0.3, 0.4) is 0 Å². The molecule has 0 amide bonds. The van der Waals surface area contributed by atoms with Gasteiger partial charge in [-0.1, -0.05) is 0 Å². The monoisotopic (exact) mass is 456 g/mol.